The number of nitrogens with one attached hydrogen (secondary N) is 1. The molecule has 0 fully saturated rings. The molecule has 1 aliphatic carbocycles. The fraction of sp³-hybridized carbons (Fsp3) is 0.400. The van der Waals surface area contributed by atoms with E-state index < -0.39 is 0 Å². The van der Waals surface area contributed by atoms with Crippen LogP contribution in [0.4, 0.5) is 0 Å². The van der Waals surface area contributed by atoms with Gasteiger partial charge in [-0.25, -0.2) is 4.98 Å². The monoisotopic (exact) mass is 258 g/mol. The summed E-state index contributed by atoms with van der Waals surface area (Å²) in [5.41, 5.74) is 4.23. The van der Waals surface area contributed by atoms with Gasteiger partial charge in [0.15, 0.2) is 0 Å². The number of aromatic nitrogens is 1. The normalized spacial score (nSPS) is 17.3. The summed E-state index contributed by atoms with van der Waals surface area (Å²) in [6.07, 6.45) is 1.23. The number of rotatable bonds is 4. The zero-order chi connectivity index (χ0) is 12.5. The molecule has 1 aromatic heterocycles. The highest BCUT2D eigenvalue weighted by atomic mass is 32.1. The van der Waals surface area contributed by atoms with Crippen LogP contribution in [0.15, 0.2) is 24.3 Å². The maximum atomic E-state index is 4.46. The fourth-order valence-electron chi connectivity index (χ4n) is 2.64. The van der Waals surface area contributed by atoms with E-state index in [0.717, 1.165) is 13.1 Å². The first-order chi connectivity index (χ1) is 8.74. The van der Waals surface area contributed by atoms with Gasteiger partial charge in [0.2, 0.25) is 0 Å². The number of hydrogen-bond acceptors (Lipinski definition) is 3. The van der Waals surface area contributed by atoms with Gasteiger partial charge >= 0.3 is 0 Å². The van der Waals surface area contributed by atoms with Crippen LogP contribution >= 0.6 is 11.3 Å². The third-order valence-electron chi connectivity index (χ3n) is 3.64. The summed E-state index contributed by atoms with van der Waals surface area (Å²) < 4.78 is 0. The first-order valence-electron chi connectivity index (χ1n) is 6.45. The molecule has 0 radical (unpaired) electrons. The lowest BCUT2D eigenvalue weighted by Crippen LogP contribution is -2.28. The SMILES string of the molecule is Cc1nc(C)c(CNCC2Cc3ccccc32)s1. The first-order valence-corrected chi connectivity index (χ1v) is 7.27. The van der Waals surface area contributed by atoms with Crippen LogP contribution in [0.5, 0.6) is 0 Å². The van der Waals surface area contributed by atoms with Gasteiger partial charge in [-0.05, 0) is 31.4 Å². The van der Waals surface area contributed by atoms with Crippen LogP contribution in [0.2, 0.25) is 0 Å². The predicted molar refractivity (Wildman–Crippen MR) is 76.2 cm³/mol. The largest absolute Gasteiger partial charge is 0.311 e. The summed E-state index contributed by atoms with van der Waals surface area (Å²) >= 11 is 1.80. The van der Waals surface area contributed by atoms with Gasteiger partial charge in [0.05, 0.1) is 10.7 Å². The van der Waals surface area contributed by atoms with Gasteiger partial charge in [0, 0.05) is 23.9 Å². The van der Waals surface area contributed by atoms with E-state index in [1.807, 2.05) is 0 Å². The maximum absolute atomic E-state index is 4.46. The number of benzene rings is 1. The molecule has 0 spiro atoms. The van der Waals surface area contributed by atoms with Gasteiger partial charge in [0.25, 0.3) is 0 Å². The van der Waals surface area contributed by atoms with Crippen molar-refractivity contribution in [3.63, 3.8) is 0 Å². The Labute approximate surface area is 112 Å². The Morgan fingerprint density at radius 1 is 1.33 bits per heavy atom. The van der Waals surface area contributed by atoms with Crippen molar-refractivity contribution in [3.05, 3.63) is 51.0 Å². The van der Waals surface area contributed by atoms with Crippen LogP contribution in [0.3, 0.4) is 0 Å². The second-order valence-electron chi connectivity index (χ2n) is 4.97. The second-order valence-corrected chi connectivity index (χ2v) is 6.26. The summed E-state index contributed by atoms with van der Waals surface area (Å²) in [6.45, 7) is 6.20. The van der Waals surface area contributed by atoms with Gasteiger partial charge in [-0.15, -0.1) is 11.3 Å². The average Bonchev–Trinajstić information content (AvgIpc) is 2.64. The van der Waals surface area contributed by atoms with E-state index >= 15 is 0 Å². The molecule has 3 rings (SSSR count). The molecule has 1 heterocycles. The summed E-state index contributed by atoms with van der Waals surface area (Å²) in [5, 5.41) is 4.73. The minimum absolute atomic E-state index is 0.704. The second kappa shape index (κ2) is 4.82. The van der Waals surface area contributed by atoms with E-state index in [-0.39, 0.29) is 0 Å². The van der Waals surface area contributed by atoms with Crippen LogP contribution in [0.25, 0.3) is 0 Å². The molecule has 94 valence electrons. The molecule has 3 heteroatoms. The highest BCUT2D eigenvalue weighted by Gasteiger charge is 2.24. The van der Waals surface area contributed by atoms with Crippen molar-refractivity contribution in [2.75, 3.05) is 6.54 Å². The van der Waals surface area contributed by atoms with Crippen LogP contribution in [0, 0.1) is 13.8 Å². The average molecular weight is 258 g/mol. The maximum Gasteiger partial charge on any atom is 0.0900 e. The molecular formula is C15H18N2S. The van der Waals surface area contributed by atoms with E-state index in [1.54, 1.807) is 11.3 Å². The molecule has 0 bridgehead atoms. The van der Waals surface area contributed by atoms with Crippen LogP contribution in [0.1, 0.15) is 32.6 Å². The van der Waals surface area contributed by atoms with Crippen LogP contribution < -0.4 is 5.32 Å². The van der Waals surface area contributed by atoms with Crippen molar-refractivity contribution < 1.29 is 0 Å². The van der Waals surface area contributed by atoms with Gasteiger partial charge < -0.3 is 5.32 Å². The molecule has 2 aromatic rings. The van der Waals surface area contributed by atoms with Gasteiger partial charge in [-0.2, -0.15) is 0 Å². The van der Waals surface area contributed by atoms with Crippen LogP contribution in [-0.2, 0) is 13.0 Å². The number of thiazole rings is 1. The van der Waals surface area contributed by atoms with E-state index in [2.05, 4.69) is 48.4 Å². The molecule has 0 aliphatic heterocycles. The first kappa shape index (κ1) is 11.9. The third-order valence-corrected chi connectivity index (χ3v) is 4.71. The van der Waals surface area contributed by atoms with Crippen molar-refractivity contribution in [2.45, 2.75) is 32.7 Å². The molecule has 0 saturated heterocycles. The predicted octanol–water partition coefficient (Wildman–Crippen LogP) is 3.19. The van der Waals surface area contributed by atoms with Crippen LogP contribution in [-0.4, -0.2) is 11.5 Å². The quantitative estimate of drug-likeness (QED) is 0.911. The molecule has 0 saturated carbocycles. The lowest BCUT2D eigenvalue weighted by atomic mass is 9.77. The molecule has 1 aliphatic rings. The minimum Gasteiger partial charge on any atom is -0.311 e. The summed E-state index contributed by atoms with van der Waals surface area (Å²) in [7, 11) is 0. The Morgan fingerprint density at radius 2 is 2.17 bits per heavy atom. The summed E-state index contributed by atoms with van der Waals surface area (Å²) in [6, 6.07) is 8.77. The highest BCUT2D eigenvalue weighted by Crippen LogP contribution is 2.34. The molecule has 1 unspecified atom stereocenters. The third kappa shape index (κ3) is 2.20. The van der Waals surface area contributed by atoms with E-state index in [0.29, 0.717) is 5.92 Å². The fourth-order valence-corrected chi connectivity index (χ4v) is 3.55. The molecule has 1 N–H and O–H groups in total. The van der Waals surface area contributed by atoms with Gasteiger partial charge in [0.1, 0.15) is 0 Å². The Morgan fingerprint density at radius 3 is 2.89 bits per heavy atom. The summed E-state index contributed by atoms with van der Waals surface area (Å²) in [5.74, 6) is 0.704. The standard InChI is InChI=1S/C15H18N2S/c1-10-15(18-11(2)17-10)9-16-8-13-7-12-5-3-4-6-14(12)13/h3-6,13,16H,7-9H2,1-2H3. The zero-order valence-corrected chi connectivity index (χ0v) is 11.7. The number of nitrogens with zero attached hydrogens (tertiary/aromatic N) is 1. The topological polar surface area (TPSA) is 24.9 Å². The van der Waals surface area contributed by atoms with Gasteiger partial charge in [-0.3, -0.25) is 0 Å². The summed E-state index contributed by atoms with van der Waals surface area (Å²) in [4.78, 5) is 5.83. The molecule has 0 amide bonds. The van der Waals surface area contributed by atoms with Crippen molar-refractivity contribution in [1.29, 1.82) is 0 Å². The lowest BCUT2D eigenvalue weighted by molar-refractivity contribution is 0.537. The molecule has 18 heavy (non-hydrogen) atoms. The number of fused-ring (bicyclic) bond motifs is 1. The molecule has 1 atom stereocenters. The van der Waals surface area contributed by atoms with Crippen molar-refractivity contribution in [1.82, 2.24) is 10.3 Å². The Balaban J connectivity index is 1.54. The van der Waals surface area contributed by atoms with E-state index in [1.165, 1.54) is 33.1 Å². The minimum atomic E-state index is 0.704. The highest BCUT2D eigenvalue weighted by molar-refractivity contribution is 7.11. The Bertz CT molecular complexity index is 559. The van der Waals surface area contributed by atoms with Gasteiger partial charge in [-0.1, -0.05) is 24.3 Å². The number of hydrogen-bond donors (Lipinski definition) is 1. The van der Waals surface area contributed by atoms with Crippen molar-refractivity contribution in [2.24, 2.45) is 0 Å². The van der Waals surface area contributed by atoms with Crippen molar-refractivity contribution >= 4 is 11.3 Å². The number of aryl methyl sites for hydroxylation is 2. The van der Waals surface area contributed by atoms with Crippen molar-refractivity contribution in [3.8, 4) is 0 Å². The molecule has 1 aromatic carbocycles. The zero-order valence-electron chi connectivity index (χ0n) is 10.9. The Hall–Kier alpha value is -1.19. The van der Waals surface area contributed by atoms with E-state index in [4.69, 9.17) is 0 Å². The smallest absolute Gasteiger partial charge is 0.0900 e. The molecular weight excluding hydrogens is 240 g/mol. The lowest BCUT2D eigenvalue weighted by Gasteiger charge is -2.30. The Kier molecular flexibility index (Phi) is 3.18. The molecule has 2 nitrogen and oxygen atoms in total. The van der Waals surface area contributed by atoms with E-state index in [9.17, 15) is 0 Å².